The zero-order valence-corrected chi connectivity index (χ0v) is 13.0. The second-order valence-corrected chi connectivity index (χ2v) is 5.84. The van der Waals surface area contributed by atoms with Gasteiger partial charge >= 0.3 is 0 Å². The van der Waals surface area contributed by atoms with E-state index in [1.807, 2.05) is 6.07 Å². The zero-order chi connectivity index (χ0) is 14.8. The van der Waals surface area contributed by atoms with Crippen LogP contribution in [-0.4, -0.2) is 13.7 Å². The number of para-hydroxylation sites is 1. The van der Waals surface area contributed by atoms with Crippen molar-refractivity contribution in [3.05, 3.63) is 64.7 Å². The van der Waals surface area contributed by atoms with Crippen molar-refractivity contribution >= 4 is 0 Å². The first-order valence-corrected chi connectivity index (χ1v) is 7.67. The van der Waals surface area contributed by atoms with Crippen LogP contribution in [0.15, 0.2) is 42.5 Å². The molecular formula is C19H23NO. The highest BCUT2D eigenvalue weighted by molar-refractivity contribution is 5.43. The van der Waals surface area contributed by atoms with Crippen molar-refractivity contribution in [2.45, 2.75) is 32.2 Å². The predicted molar refractivity (Wildman–Crippen MR) is 87.0 cm³/mol. The van der Waals surface area contributed by atoms with Crippen LogP contribution in [0.25, 0.3) is 0 Å². The van der Waals surface area contributed by atoms with E-state index in [2.05, 4.69) is 62.6 Å². The van der Waals surface area contributed by atoms with E-state index in [1.165, 1.54) is 22.3 Å². The Morgan fingerprint density at radius 3 is 2.71 bits per heavy atom. The summed E-state index contributed by atoms with van der Waals surface area (Å²) in [5.41, 5.74) is 5.47. The van der Waals surface area contributed by atoms with Crippen LogP contribution in [0.2, 0.25) is 0 Å². The summed E-state index contributed by atoms with van der Waals surface area (Å²) < 4.78 is 5.81. The zero-order valence-electron chi connectivity index (χ0n) is 13.0. The molecule has 0 saturated carbocycles. The quantitative estimate of drug-likeness (QED) is 0.913. The number of benzene rings is 2. The second-order valence-electron chi connectivity index (χ2n) is 5.84. The van der Waals surface area contributed by atoms with Gasteiger partial charge in [0.1, 0.15) is 5.75 Å². The van der Waals surface area contributed by atoms with Crippen molar-refractivity contribution in [1.82, 2.24) is 5.32 Å². The molecule has 3 rings (SSSR count). The summed E-state index contributed by atoms with van der Waals surface area (Å²) in [5, 5.41) is 3.54. The van der Waals surface area contributed by atoms with Crippen LogP contribution in [0.1, 0.15) is 40.6 Å². The second kappa shape index (κ2) is 5.90. The number of hydrogen-bond acceptors (Lipinski definition) is 2. The maximum absolute atomic E-state index is 5.81. The fraction of sp³-hybridized carbons (Fsp3) is 0.368. The van der Waals surface area contributed by atoms with Crippen molar-refractivity contribution in [2.75, 3.05) is 13.7 Å². The lowest BCUT2D eigenvalue weighted by molar-refractivity contribution is 0.248. The predicted octanol–water partition coefficient (Wildman–Crippen LogP) is 4.13. The van der Waals surface area contributed by atoms with E-state index in [1.54, 1.807) is 0 Å². The van der Waals surface area contributed by atoms with E-state index in [4.69, 9.17) is 4.74 Å². The lowest BCUT2D eigenvalue weighted by atomic mass is 9.81. The molecule has 1 heterocycles. The van der Waals surface area contributed by atoms with Gasteiger partial charge in [0, 0.05) is 12.0 Å². The Morgan fingerprint density at radius 2 is 1.90 bits per heavy atom. The van der Waals surface area contributed by atoms with E-state index < -0.39 is 0 Å². The molecule has 2 atom stereocenters. The Morgan fingerprint density at radius 1 is 1.10 bits per heavy atom. The summed E-state index contributed by atoms with van der Waals surface area (Å²) in [6.45, 7) is 5.20. The van der Waals surface area contributed by atoms with Crippen molar-refractivity contribution in [2.24, 2.45) is 0 Å². The highest BCUT2D eigenvalue weighted by atomic mass is 16.5. The first-order chi connectivity index (χ1) is 10.2. The van der Waals surface area contributed by atoms with Crippen molar-refractivity contribution in [1.29, 1.82) is 0 Å². The lowest BCUT2D eigenvalue weighted by Gasteiger charge is -2.33. The Hall–Kier alpha value is -1.80. The van der Waals surface area contributed by atoms with Crippen molar-refractivity contribution in [3.8, 4) is 5.75 Å². The monoisotopic (exact) mass is 281 g/mol. The Kier molecular flexibility index (Phi) is 3.98. The molecule has 0 aromatic heterocycles. The molecule has 0 saturated heterocycles. The van der Waals surface area contributed by atoms with Crippen LogP contribution in [-0.2, 0) is 0 Å². The van der Waals surface area contributed by atoms with Gasteiger partial charge in [-0.25, -0.2) is 0 Å². The van der Waals surface area contributed by atoms with Gasteiger partial charge in [0.2, 0.25) is 0 Å². The molecule has 1 aliphatic rings. The third-order valence-corrected chi connectivity index (χ3v) is 4.70. The van der Waals surface area contributed by atoms with Gasteiger partial charge in [0.15, 0.2) is 0 Å². The van der Waals surface area contributed by atoms with Crippen LogP contribution in [0.5, 0.6) is 5.75 Å². The van der Waals surface area contributed by atoms with E-state index in [0.29, 0.717) is 12.0 Å². The molecule has 0 amide bonds. The van der Waals surface area contributed by atoms with Crippen LogP contribution in [0.4, 0.5) is 0 Å². The molecule has 2 heteroatoms. The molecule has 1 aliphatic heterocycles. The number of hydrogen-bond donors (Lipinski definition) is 1. The summed E-state index contributed by atoms with van der Waals surface area (Å²) in [6.07, 6.45) is 1.05. The maximum Gasteiger partial charge on any atom is 0.122 e. The number of fused-ring (bicyclic) bond motifs is 1. The smallest absolute Gasteiger partial charge is 0.122 e. The first-order valence-electron chi connectivity index (χ1n) is 7.67. The van der Waals surface area contributed by atoms with Gasteiger partial charge in [-0.1, -0.05) is 36.4 Å². The number of likely N-dealkylation sites (N-methyl/N-ethyl adjacent to an activating group) is 1. The van der Waals surface area contributed by atoms with E-state index in [-0.39, 0.29) is 0 Å². The summed E-state index contributed by atoms with van der Waals surface area (Å²) in [6, 6.07) is 15.4. The molecule has 0 fully saturated rings. The fourth-order valence-electron chi connectivity index (χ4n) is 3.40. The molecule has 0 spiro atoms. The fourth-order valence-corrected chi connectivity index (χ4v) is 3.40. The van der Waals surface area contributed by atoms with E-state index >= 15 is 0 Å². The molecule has 110 valence electrons. The SMILES string of the molecule is CNC(c1cccc(C)c1C)C1CCOc2ccccc21. The normalized spacial score (nSPS) is 18.7. The van der Waals surface area contributed by atoms with Gasteiger partial charge in [-0.15, -0.1) is 0 Å². The molecule has 1 N–H and O–H groups in total. The minimum atomic E-state index is 0.329. The van der Waals surface area contributed by atoms with Gasteiger partial charge in [-0.3, -0.25) is 0 Å². The lowest BCUT2D eigenvalue weighted by Crippen LogP contribution is -2.28. The molecule has 0 bridgehead atoms. The van der Waals surface area contributed by atoms with E-state index in [0.717, 1.165) is 18.8 Å². The summed E-state index contributed by atoms with van der Waals surface area (Å²) in [4.78, 5) is 0. The van der Waals surface area contributed by atoms with Crippen LogP contribution in [0.3, 0.4) is 0 Å². The van der Waals surface area contributed by atoms with Crippen molar-refractivity contribution in [3.63, 3.8) is 0 Å². The number of ether oxygens (including phenoxy) is 1. The minimum Gasteiger partial charge on any atom is -0.493 e. The molecule has 2 unspecified atom stereocenters. The molecule has 2 nitrogen and oxygen atoms in total. The first kappa shape index (κ1) is 14.2. The van der Waals surface area contributed by atoms with Gasteiger partial charge in [0.25, 0.3) is 0 Å². The highest BCUT2D eigenvalue weighted by Crippen LogP contribution is 2.42. The summed E-state index contributed by atoms with van der Waals surface area (Å²) in [7, 11) is 2.06. The van der Waals surface area contributed by atoms with Crippen molar-refractivity contribution < 1.29 is 4.74 Å². The van der Waals surface area contributed by atoms with Gasteiger partial charge in [-0.2, -0.15) is 0 Å². The largest absolute Gasteiger partial charge is 0.493 e. The van der Waals surface area contributed by atoms with Gasteiger partial charge in [0.05, 0.1) is 6.61 Å². The molecule has 2 aromatic carbocycles. The van der Waals surface area contributed by atoms with Crippen LogP contribution < -0.4 is 10.1 Å². The number of aryl methyl sites for hydroxylation is 1. The third kappa shape index (κ3) is 2.56. The Balaban J connectivity index is 2.04. The Bertz CT molecular complexity index is 635. The minimum absolute atomic E-state index is 0.329. The van der Waals surface area contributed by atoms with Gasteiger partial charge < -0.3 is 10.1 Å². The topological polar surface area (TPSA) is 21.3 Å². The molecule has 21 heavy (non-hydrogen) atoms. The average molecular weight is 281 g/mol. The average Bonchev–Trinajstić information content (AvgIpc) is 2.52. The third-order valence-electron chi connectivity index (χ3n) is 4.70. The van der Waals surface area contributed by atoms with Gasteiger partial charge in [-0.05, 0) is 55.6 Å². The number of rotatable bonds is 3. The standard InChI is InChI=1S/C19H23NO/c1-13-7-6-9-15(14(13)2)19(20-3)17-11-12-21-18-10-5-4-8-16(17)18/h4-10,17,19-20H,11-12H2,1-3H3. The van der Waals surface area contributed by atoms with Crippen LogP contribution in [0, 0.1) is 13.8 Å². The van der Waals surface area contributed by atoms with E-state index in [9.17, 15) is 0 Å². The molecular weight excluding hydrogens is 258 g/mol. The van der Waals surface area contributed by atoms with Crippen LogP contribution >= 0.6 is 0 Å². The highest BCUT2D eigenvalue weighted by Gasteiger charge is 2.29. The molecule has 0 aliphatic carbocycles. The molecule has 2 aromatic rings. The Labute approximate surface area is 127 Å². The maximum atomic E-state index is 5.81. The summed E-state index contributed by atoms with van der Waals surface area (Å²) in [5.74, 6) is 1.50. The number of nitrogens with one attached hydrogen (secondary N) is 1. The molecule has 0 radical (unpaired) electrons. The summed E-state index contributed by atoms with van der Waals surface area (Å²) >= 11 is 0.